The van der Waals surface area contributed by atoms with Crippen LogP contribution in [0, 0.1) is 12.7 Å². The predicted octanol–water partition coefficient (Wildman–Crippen LogP) is 3.97. The Balaban J connectivity index is 2.33. The number of aromatic amines is 1. The number of aromatic nitrogens is 1. The molecule has 0 aliphatic carbocycles. The Morgan fingerprint density at radius 3 is 2.70 bits per heavy atom. The van der Waals surface area contributed by atoms with Gasteiger partial charge in [0, 0.05) is 17.7 Å². The number of hydrogen-bond donors (Lipinski definition) is 1. The molecule has 1 N–H and O–H groups in total. The highest BCUT2D eigenvalue weighted by Crippen LogP contribution is 2.25. The second-order valence-electron chi connectivity index (χ2n) is 5.73. The number of rotatable bonds is 2. The number of hydrogen-bond acceptors (Lipinski definition) is 2. The average Bonchev–Trinajstić information content (AvgIpc) is 2.70. The Labute approximate surface area is 117 Å². The summed E-state index contributed by atoms with van der Waals surface area (Å²) in [5.74, 6) is -0.717. The summed E-state index contributed by atoms with van der Waals surface area (Å²) in [6.45, 7) is 7.32. The molecule has 4 heteroatoms. The quantitative estimate of drug-likeness (QED) is 0.665. The van der Waals surface area contributed by atoms with Gasteiger partial charge in [0.25, 0.3) is 0 Å². The molecule has 0 fully saturated rings. The highest BCUT2D eigenvalue weighted by atomic mass is 19.1. The van der Waals surface area contributed by atoms with Crippen molar-refractivity contribution < 1.29 is 13.9 Å². The van der Waals surface area contributed by atoms with E-state index in [4.69, 9.17) is 4.74 Å². The van der Waals surface area contributed by atoms with Gasteiger partial charge in [-0.05, 0) is 51.0 Å². The van der Waals surface area contributed by atoms with E-state index in [1.165, 1.54) is 12.1 Å². The van der Waals surface area contributed by atoms with Crippen molar-refractivity contribution in [2.45, 2.75) is 33.3 Å². The number of carbonyl (C=O) groups excluding carboxylic acids is 1. The number of halogens is 1. The zero-order valence-corrected chi connectivity index (χ0v) is 12.1. The molecule has 0 aliphatic heterocycles. The lowest BCUT2D eigenvalue weighted by Crippen LogP contribution is -2.22. The fraction of sp³-hybridized carbons (Fsp3) is 0.312. The topological polar surface area (TPSA) is 42.1 Å². The van der Waals surface area contributed by atoms with Gasteiger partial charge in [0.2, 0.25) is 0 Å². The maximum Gasteiger partial charge on any atom is 0.331 e. The molecule has 1 heterocycles. The van der Waals surface area contributed by atoms with Crippen LogP contribution in [0.4, 0.5) is 4.39 Å². The van der Waals surface area contributed by atoms with Gasteiger partial charge < -0.3 is 9.72 Å². The predicted molar refractivity (Wildman–Crippen MR) is 77.9 cm³/mol. The van der Waals surface area contributed by atoms with Gasteiger partial charge in [-0.3, -0.25) is 0 Å². The molecule has 3 nitrogen and oxygen atoms in total. The molecular formula is C16H18FNO2. The van der Waals surface area contributed by atoms with Crippen molar-refractivity contribution >= 4 is 22.9 Å². The summed E-state index contributed by atoms with van der Waals surface area (Å²) >= 11 is 0. The van der Waals surface area contributed by atoms with E-state index < -0.39 is 11.6 Å². The Bertz CT molecular complexity index is 678. The van der Waals surface area contributed by atoms with E-state index >= 15 is 0 Å². The standard InChI is InChI=1S/C16H18FNO2/c1-10-9-18-15-12(17)7-5-11(14(10)15)6-8-13(19)20-16(2,3)4/h5-9,18H,1-4H3/b8-6+. The molecule has 20 heavy (non-hydrogen) atoms. The van der Waals surface area contributed by atoms with Gasteiger partial charge in [-0.25, -0.2) is 9.18 Å². The molecule has 0 amide bonds. The van der Waals surface area contributed by atoms with Crippen LogP contribution in [-0.4, -0.2) is 16.6 Å². The normalized spacial score (nSPS) is 12.2. The minimum Gasteiger partial charge on any atom is -0.457 e. The first-order chi connectivity index (χ1) is 9.28. The molecule has 2 aromatic rings. The highest BCUT2D eigenvalue weighted by Gasteiger charge is 2.14. The number of H-pyrrole nitrogens is 1. The number of fused-ring (bicyclic) bond motifs is 1. The van der Waals surface area contributed by atoms with E-state index in [1.54, 1.807) is 18.3 Å². The Kier molecular flexibility index (Phi) is 3.66. The van der Waals surface area contributed by atoms with Gasteiger partial charge in [-0.15, -0.1) is 0 Å². The van der Waals surface area contributed by atoms with Crippen molar-refractivity contribution in [3.63, 3.8) is 0 Å². The summed E-state index contributed by atoms with van der Waals surface area (Å²) in [6, 6.07) is 3.03. The first-order valence-corrected chi connectivity index (χ1v) is 6.45. The minimum absolute atomic E-state index is 0.303. The van der Waals surface area contributed by atoms with Crippen molar-refractivity contribution in [3.05, 3.63) is 41.3 Å². The van der Waals surface area contributed by atoms with E-state index in [2.05, 4.69) is 4.98 Å². The molecule has 0 saturated carbocycles. The number of esters is 1. The van der Waals surface area contributed by atoms with Crippen LogP contribution in [-0.2, 0) is 9.53 Å². The number of aryl methyl sites for hydroxylation is 1. The fourth-order valence-corrected chi connectivity index (χ4v) is 2.04. The third-order valence-corrected chi connectivity index (χ3v) is 2.82. The molecular weight excluding hydrogens is 257 g/mol. The molecule has 0 atom stereocenters. The zero-order valence-electron chi connectivity index (χ0n) is 12.1. The van der Waals surface area contributed by atoms with Gasteiger partial charge in [0.05, 0.1) is 5.52 Å². The summed E-state index contributed by atoms with van der Waals surface area (Å²) in [6.07, 6.45) is 4.76. The lowest BCUT2D eigenvalue weighted by atomic mass is 10.1. The molecule has 0 bridgehead atoms. The van der Waals surface area contributed by atoms with Crippen LogP contribution >= 0.6 is 0 Å². The number of nitrogens with one attached hydrogen (secondary N) is 1. The van der Waals surface area contributed by atoms with Gasteiger partial charge in [0.15, 0.2) is 0 Å². The number of benzene rings is 1. The summed E-state index contributed by atoms with van der Waals surface area (Å²) in [4.78, 5) is 14.6. The molecule has 0 saturated heterocycles. The molecule has 1 aromatic carbocycles. The molecule has 0 radical (unpaired) electrons. The van der Waals surface area contributed by atoms with E-state index in [9.17, 15) is 9.18 Å². The summed E-state index contributed by atoms with van der Waals surface area (Å²) in [5, 5.41) is 0.782. The fourth-order valence-electron chi connectivity index (χ4n) is 2.04. The summed E-state index contributed by atoms with van der Waals surface area (Å²) in [7, 11) is 0. The average molecular weight is 275 g/mol. The SMILES string of the molecule is Cc1c[nH]c2c(F)ccc(/C=C/C(=O)OC(C)(C)C)c12. The van der Waals surface area contributed by atoms with Crippen LogP contribution in [0.5, 0.6) is 0 Å². The van der Waals surface area contributed by atoms with Gasteiger partial charge >= 0.3 is 5.97 Å². The van der Waals surface area contributed by atoms with E-state index in [0.717, 1.165) is 16.5 Å². The maximum atomic E-state index is 13.7. The van der Waals surface area contributed by atoms with Crippen LogP contribution in [0.15, 0.2) is 24.4 Å². The lowest BCUT2D eigenvalue weighted by Gasteiger charge is -2.17. The minimum atomic E-state index is -0.524. The monoisotopic (exact) mass is 275 g/mol. The Hall–Kier alpha value is -2.10. The third-order valence-electron chi connectivity index (χ3n) is 2.82. The summed E-state index contributed by atoms with van der Waals surface area (Å²) < 4.78 is 18.9. The second-order valence-corrected chi connectivity index (χ2v) is 5.73. The third kappa shape index (κ3) is 3.07. The molecule has 0 unspecified atom stereocenters. The van der Waals surface area contributed by atoms with Gasteiger partial charge in [0.1, 0.15) is 11.4 Å². The molecule has 1 aromatic heterocycles. The van der Waals surface area contributed by atoms with Crippen molar-refractivity contribution in [1.29, 1.82) is 0 Å². The van der Waals surface area contributed by atoms with Crippen molar-refractivity contribution in [2.24, 2.45) is 0 Å². The smallest absolute Gasteiger partial charge is 0.331 e. The van der Waals surface area contributed by atoms with Crippen LogP contribution in [0.2, 0.25) is 0 Å². The van der Waals surface area contributed by atoms with Crippen LogP contribution in [0.3, 0.4) is 0 Å². The molecule has 2 rings (SSSR count). The molecule has 106 valence electrons. The number of carbonyl (C=O) groups is 1. The van der Waals surface area contributed by atoms with E-state index in [-0.39, 0.29) is 5.82 Å². The van der Waals surface area contributed by atoms with Gasteiger partial charge in [-0.1, -0.05) is 6.07 Å². The Morgan fingerprint density at radius 1 is 1.35 bits per heavy atom. The van der Waals surface area contributed by atoms with Crippen molar-refractivity contribution in [2.75, 3.05) is 0 Å². The largest absolute Gasteiger partial charge is 0.457 e. The van der Waals surface area contributed by atoms with Crippen molar-refractivity contribution in [3.8, 4) is 0 Å². The van der Waals surface area contributed by atoms with Gasteiger partial charge in [-0.2, -0.15) is 0 Å². The summed E-state index contributed by atoms with van der Waals surface area (Å²) in [5.41, 5.74) is 1.65. The molecule has 0 aliphatic rings. The van der Waals surface area contributed by atoms with Crippen LogP contribution in [0.25, 0.3) is 17.0 Å². The second kappa shape index (κ2) is 5.12. The van der Waals surface area contributed by atoms with Crippen molar-refractivity contribution in [1.82, 2.24) is 4.98 Å². The zero-order chi connectivity index (χ0) is 14.9. The molecule has 0 spiro atoms. The van der Waals surface area contributed by atoms with Crippen LogP contribution in [0.1, 0.15) is 31.9 Å². The first kappa shape index (κ1) is 14.3. The van der Waals surface area contributed by atoms with E-state index in [1.807, 2.05) is 27.7 Å². The first-order valence-electron chi connectivity index (χ1n) is 6.45. The maximum absolute atomic E-state index is 13.7. The highest BCUT2D eigenvalue weighted by molar-refractivity contribution is 5.95. The van der Waals surface area contributed by atoms with Crippen LogP contribution < -0.4 is 0 Å². The number of ether oxygens (including phenoxy) is 1. The Morgan fingerprint density at radius 2 is 2.05 bits per heavy atom. The van der Waals surface area contributed by atoms with E-state index in [0.29, 0.717) is 5.52 Å². The lowest BCUT2D eigenvalue weighted by molar-refractivity contribution is -0.148.